The molecule has 0 radical (unpaired) electrons. The van der Waals surface area contributed by atoms with Crippen LogP contribution in [0.2, 0.25) is 0 Å². The van der Waals surface area contributed by atoms with Gasteiger partial charge in [0.2, 0.25) is 0 Å². The minimum Gasteiger partial charge on any atom is -0.396 e. The van der Waals surface area contributed by atoms with Crippen LogP contribution in [0.25, 0.3) is 0 Å². The summed E-state index contributed by atoms with van der Waals surface area (Å²) in [7, 11) is 0. The van der Waals surface area contributed by atoms with Crippen molar-refractivity contribution in [3.8, 4) is 0 Å². The molecule has 1 heteroatoms. The third-order valence-corrected chi connectivity index (χ3v) is 3.63. The zero-order valence-electron chi connectivity index (χ0n) is 7.13. The highest BCUT2D eigenvalue weighted by Crippen LogP contribution is 2.47. The van der Waals surface area contributed by atoms with Crippen LogP contribution in [-0.4, -0.2) is 11.7 Å². The van der Waals surface area contributed by atoms with Gasteiger partial charge >= 0.3 is 0 Å². The Balaban J connectivity index is 1.84. The number of aliphatic hydroxyl groups is 1. The molecule has 2 atom stereocenters. The summed E-state index contributed by atoms with van der Waals surface area (Å²) in [6, 6.07) is 0. The van der Waals surface area contributed by atoms with Gasteiger partial charge in [-0.05, 0) is 37.0 Å². The van der Waals surface area contributed by atoms with Gasteiger partial charge < -0.3 is 5.11 Å². The van der Waals surface area contributed by atoms with Crippen LogP contribution in [-0.2, 0) is 0 Å². The maximum atomic E-state index is 8.79. The molecule has 0 heterocycles. The molecule has 2 unspecified atom stereocenters. The Morgan fingerprint density at radius 1 is 1.09 bits per heavy atom. The van der Waals surface area contributed by atoms with Gasteiger partial charge in [0, 0.05) is 6.61 Å². The van der Waals surface area contributed by atoms with E-state index in [0.717, 1.165) is 24.2 Å². The molecular formula is C10H18O. The van der Waals surface area contributed by atoms with Crippen LogP contribution in [0, 0.1) is 17.8 Å². The summed E-state index contributed by atoms with van der Waals surface area (Å²) < 4.78 is 0. The van der Waals surface area contributed by atoms with E-state index in [1.165, 1.54) is 32.1 Å². The average Bonchev–Trinajstić information content (AvgIpc) is 2.46. The molecule has 2 rings (SSSR count). The van der Waals surface area contributed by atoms with Gasteiger partial charge in [-0.1, -0.05) is 19.3 Å². The van der Waals surface area contributed by atoms with Gasteiger partial charge in [-0.15, -0.1) is 0 Å². The lowest BCUT2D eigenvalue weighted by molar-refractivity contribution is 0.254. The second-order valence-corrected chi connectivity index (χ2v) is 4.30. The zero-order valence-corrected chi connectivity index (χ0v) is 7.13. The first-order valence-electron chi connectivity index (χ1n) is 5.01. The average molecular weight is 154 g/mol. The third-order valence-electron chi connectivity index (χ3n) is 3.63. The van der Waals surface area contributed by atoms with Gasteiger partial charge in [0.25, 0.3) is 0 Å². The number of hydrogen-bond acceptors (Lipinski definition) is 1. The molecule has 0 aliphatic heterocycles. The van der Waals surface area contributed by atoms with E-state index >= 15 is 0 Å². The van der Waals surface area contributed by atoms with Crippen LogP contribution in [0.15, 0.2) is 0 Å². The molecule has 2 fully saturated rings. The van der Waals surface area contributed by atoms with Crippen molar-refractivity contribution in [1.82, 2.24) is 0 Å². The van der Waals surface area contributed by atoms with Crippen LogP contribution in [0.5, 0.6) is 0 Å². The summed E-state index contributed by atoms with van der Waals surface area (Å²) >= 11 is 0. The van der Waals surface area contributed by atoms with E-state index in [4.69, 9.17) is 5.11 Å². The predicted octanol–water partition coefficient (Wildman–Crippen LogP) is 2.20. The molecule has 0 saturated heterocycles. The van der Waals surface area contributed by atoms with Crippen LogP contribution in [0.1, 0.15) is 38.5 Å². The summed E-state index contributed by atoms with van der Waals surface area (Å²) in [5.41, 5.74) is 0. The van der Waals surface area contributed by atoms with Crippen molar-refractivity contribution >= 4 is 0 Å². The number of rotatable bonds is 2. The Hall–Kier alpha value is -0.0400. The second kappa shape index (κ2) is 3.14. The lowest BCUT2D eigenvalue weighted by Crippen LogP contribution is -1.98. The largest absolute Gasteiger partial charge is 0.396 e. The Kier molecular flexibility index (Phi) is 2.17. The first-order valence-corrected chi connectivity index (χ1v) is 5.01. The highest BCUT2D eigenvalue weighted by atomic mass is 16.3. The molecule has 0 aromatic heterocycles. The monoisotopic (exact) mass is 154 g/mol. The molecule has 1 N–H and O–H groups in total. The molecule has 2 aliphatic carbocycles. The van der Waals surface area contributed by atoms with Crippen molar-refractivity contribution in [3.05, 3.63) is 0 Å². The molecule has 64 valence electrons. The van der Waals surface area contributed by atoms with Gasteiger partial charge in [-0.2, -0.15) is 0 Å². The zero-order chi connectivity index (χ0) is 7.68. The molecule has 0 bridgehead atoms. The van der Waals surface area contributed by atoms with Gasteiger partial charge in [0.05, 0.1) is 0 Å². The van der Waals surface area contributed by atoms with Gasteiger partial charge in [-0.25, -0.2) is 0 Å². The van der Waals surface area contributed by atoms with Crippen molar-refractivity contribution in [3.63, 3.8) is 0 Å². The maximum Gasteiger partial charge on any atom is 0.0433 e. The smallest absolute Gasteiger partial charge is 0.0433 e. The lowest BCUT2D eigenvalue weighted by Gasteiger charge is -2.07. The number of hydrogen-bond donors (Lipinski definition) is 1. The van der Waals surface area contributed by atoms with E-state index in [1.807, 2.05) is 0 Å². The van der Waals surface area contributed by atoms with Crippen LogP contribution < -0.4 is 0 Å². The van der Waals surface area contributed by atoms with Gasteiger partial charge in [-0.3, -0.25) is 0 Å². The van der Waals surface area contributed by atoms with Gasteiger partial charge in [0.1, 0.15) is 0 Å². The minimum absolute atomic E-state index is 0.407. The molecule has 2 aliphatic rings. The topological polar surface area (TPSA) is 20.2 Å². The quantitative estimate of drug-likeness (QED) is 0.646. The summed E-state index contributed by atoms with van der Waals surface area (Å²) in [5, 5.41) is 8.79. The fraction of sp³-hybridized carbons (Fsp3) is 1.00. The van der Waals surface area contributed by atoms with Crippen LogP contribution >= 0.6 is 0 Å². The Labute approximate surface area is 68.8 Å². The Morgan fingerprint density at radius 2 is 1.73 bits per heavy atom. The van der Waals surface area contributed by atoms with Crippen molar-refractivity contribution in [2.45, 2.75) is 38.5 Å². The van der Waals surface area contributed by atoms with E-state index < -0.39 is 0 Å². The van der Waals surface area contributed by atoms with E-state index in [1.54, 1.807) is 0 Å². The van der Waals surface area contributed by atoms with E-state index in [0.29, 0.717) is 6.61 Å². The molecule has 2 saturated carbocycles. The van der Waals surface area contributed by atoms with Crippen molar-refractivity contribution in [2.75, 3.05) is 6.61 Å². The fourth-order valence-corrected chi connectivity index (χ4v) is 3.11. The molecule has 11 heavy (non-hydrogen) atoms. The first-order chi connectivity index (χ1) is 5.40. The normalized spacial score (nSPS) is 42.8. The van der Waals surface area contributed by atoms with E-state index in [-0.39, 0.29) is 0 Å². The van der Waals surface area contributed by atoms with Crippen molar-refractivity contribution in [1.29, 1.82) is 0 Å². The number of fused-ring (bicyclic) bond motifs is 1. The SMILES string of the molecule is OCCC1CC2CCCC2C1. The fourth-order valence-electron chi connectivity index (χ4n) is 3.11. The van der Waals surface area contributed by atoms with Crippen molar-refractivity contribution < 1.29 is 5.11 Å². The Morgan fingerprint density at radius 3 is 2.27 bits per heavy atom. The lowest BCUT2D eigenvalue weighted by atomic mass is 10.0. The van der Waals surface area contributed by atoms with Crippen LogP contribution in [0.4, 0.5) is 0 Å². The minimum atomic E-state index is 0.407. The standard InChI is InChI=1S/C10H18O/c11-5-4-8-6-9-2-1-3-10(9)7-8/h8-11H,1-7H2. The van der Waals surface area contributed by atoms with Crippen LogP contribution in [0.3, 0.4) is 0 Å². The molecule has 0 aromatic carbocycles. The molecular weight excluding hydrogens is 136 g/mol. The molecule has 1 nitrogen and oxygen atoms in total. The maximum absolute atomic E-state index is 8.79. The summed E-state index contributed by atoms with van der Waals surface area (Å²) in [5.74, 6) is 2.97. The third kappa shape index (κ3) is 1.44. The first kappa shape index (κ1) is 7.60. The van der Waals surface area contributed by atoms with E-state index in [2.05, 4.69) is 0 Å². The van der Waals surface area contributed by atoms with Gasteiger partial charge in [0.15, 0.2) is 0 Å². The van der Waals surface area contributed by atoms with Crippen molar-refractivity contribution in [2.24, 2.45) is 17.8 Å². The highest BCUT2D eigenvalue weighted by molar-refractivity contribution is 4.87. The summed E-state index contributed by atoms with van der Waals surface area (Å²) in [6.45, 7) is 0.407. The predicted molar refractivity (Wildman–Crippen MR) is 45.3 cm³/mol. The van der Waals surface area contributed by atoms with E-state index in [9.17, 15) is 0 Å². The second-order valence-electron chi connectivity index (χ2n) is 4.30. The molecule has 0 amide bonds. The molecule has 0 spiro atoms. The highest BCUT2D eigenvalue weighted by Gasteiger charge is 2.36. The summed E-state index contributed by atoms with van der Waals surface area (Å²) in [4.78, 5) is 0. The summed E-state index contributed by atoms with van der Waals surface area (Å²) in [6.07, 6.45) is 8.34. The Bertz CT molecular complexity index is 121. The number of aliphatic hydroxyl groups excluding tert-OH is 1. The molecule has 0 aromatic rings.